The molecule has 90 valence electrons. The van der Waals surface area contributed by atoms with Crippen LogP contribution in [0.15, 0.2) is 24.3 Å². The maximum atomic E-state index is 13.4. The van der Waals surface area contributed by atoms with Gasteiger partial charge in [-0.25, -0.2) is 4.39 Å². The normalized spacial score (nSPS) is 15.8. The standard InChI is InChI=1S/C13H13ClFNO/c14-11-4-3-5-12(15)10(11)6-7-13(17)16-8-1-2-9-16/h3-7H,1-2,8-9H2/b7-6+. The Labute approximate surface area is 105 Å². The molecule has 1 aliphatic rings. The fourth-order valence-electron chi connectivity index (χ4n) is 1.87. The molecule has 0 spiro atoms. The van der Waals surface area contributed by atoms with Crippen molar-refractivity contribution in [3.63, 3.8) is 0 Å². The fourth-order valence-corrected chi connectivity index (χ4v) is 2.09. The lowest BCUT2D eigenvalue weighted by atomic mass is 10.2. The molecule has 0 aromatic heterocycles. The van der Waals surface area contributed by atoms with Gasteiger partial charge in [0.1, 0.15) is 5.82 Å². The quantitative estimate of drug-likeness (QED) is 0.742. The Kier molecular flexibility index (Phi) is 3.79. The lowest BCUT2D eigenvalue weighted by molar-refractivity contribution is -0.124. The molecule has 1 fully saturated rings. The number of carbonyl (C=O) groups excluding carboxylic acids is 1. The van der Waals surface area contributed by atoms with Crippen molar-refractivity contribution in [3.05, 3.63) is 40.7 Å². The molecular weight excluding hydrogens is 241 g/mol. The summed E-state index contributed by atoms with van der Waals surface area (Å²) in [4.78, 5) is 13.5. The second-order valence-electron chi connectivity index (χ2n) is 4.00. The molecule has 1 aromatic rings. The highest BCUT2D eigenvalue weighted by molar-refractivity contribution is 6.32. The summed E-state index contributed by atoms with van der Waals surface area (Å²) < 4.78 is 13.4. The van der Waals surface area contributed by atoms with Gasteiger partial charge in [-0.3, -0.25) is 4.79 Å². The zero-order valence-electron chi connectivity index (χ0n) is 9.33. The molecule has 4 heteroatoms. The third-order valence-electron chi connectivity index (χ3n) is 2.81. The van der Waals surface area contributed by atoms with Crippen LogP contribution >= 0.6 is 11.6 Å². The molecule has 0 aliphatic carbocycles. The van der Waals surface area contributed by atoms with E-state index in [2.05, 4.69) is 0 Å². The van der Waals surface area contributed by atoms with Crippen molar-refractivity contribution in [2.24, 2.45) is 0 Å². The Hall–Kier alpha value is -1.35. The maximum Gasteiger partial charge on any atom is 0.246 e. The summed E-state index contributed by atoms with van der Waals surface area (Å²) in [5.41, 5.74) is 0.265. The Morgan fingerprint density at radius 3 is 2.71 bits per heavy atom. The van der Waals surface area contributed by atoms with Crippen LogP contribution in [0, 0.1) is 5.82 Å². The smallest absolute Gasteiger partial charge is 0.246 e. The Balaban J connectivity index is 2.12. The first kappa shape index (κ1) is 12.1. The summed E-state index contributed by atoms with van der Waals surface area (Å²) in [6, 6.07) is 4.47. The second kappa shape index (κ2) is 5.32. The molecule has 0 unspecified atom stereocenters. The number of benzene rings is 1. The van der Waals surface area contributed by atoms with Crippen molar-refractivity contribution in [2.75, 3.05) is 13.1 Å². The molecule has 0 radical (unpaired) electrons. The number of halogens is 2. The summed E-state index contributed by atoms with van der Waals surface area (Å²) >= 11 is 5.86. The predicted molar refractivity (Wildman–Crippen MR) is 66.3 cm³/mol. The minimum atomic E-state index is -0.414. The fraction of sp³-hybridized carbons (Fsp3) is 0.308. The molecule has 1 amide bonds. The third-order valence-corrected chi connectivity index (χ3v) is 3.14. The van der Waals surface area contributed by atoms with Gasteiger partial charge in [-0.1, -0.05) is 17.7 Å². The van der Waals surface area contributed by atoms with Crippen molar-refractivity contribution in [1.82, 2.24) is 4.90 Å². The SMILES string of the molecule is O=C(/C=C/c1c(F)cccc1Cl)N1CCCC1. The highest BCUT2D eigenvalue weighted by Gasteiger charge is 2.15. The van der Waals surface area contributed by atoms with E-state index in [-0.39, 0.29) is 11.5 Å². The first-order valence-corrected chi connectivity index (χ1v) is 5.97. The van der Waals surface area contributed by atoms with Crippen LogP contribution in [0.4, 0.5) is 4.39 Å². The maximum absolute atomic E-state index is 13.4. The molecule has 0 atom stereocenters. The number of likely N-dealkylation sites (tertiary alicyclic amines) is 1. The average molecular weight is 254 g/mol. The van der Waals surface area contributed by atoms with E-state index in [4.69, 9.17) is 11.6 Å². The highest BCUT2D eigenvalue weighted by atomic mass is 35.5. The molecule has 2 rings (SSSR count). The van der Waals surface area contributed by atoms with Crippen LogP contribution in [0.25, 0.3) is 6.08 Å². The van der Waals surface area contributed by atoms with E-state index >= 15 is 0 Å². The number of nitrogens with zero attached hydrogens (tertiary/aromatic N) is 1. The molecule has 1 heterocycles. The molecule has 0 saturated carbocycles. The molecule has 0 bridgehead atoms. The van der Waals surface area contributed by atoms with E-state index in [0.29, 0.717) is 5.02 Å². The molecule has 2 nitrogen and oxygen atoms in total. The molecule has 1 aromatic carbocycles. The molecule has 1 aliphatic heterocycles. The Bertz CT molecular complexity index is 432. The summed E-state index contributed by atoms with van der Waals surface area (Å²) in [7, 11) is 0. The minimum absolute atomic E-state index is 0.0816. The number of amides is 1. The average Bonchev–Trinajstić information content (AvgIpc) is 2.81. The van der Waals surface area contributed by atoms with Crippen LogP contribution in [-0.2, 0) is 4.79 Å². The van der Waals surface area contributed by atoms with E-state index < -0.39 is 5.82 Å². The second-order valence-corrected chi connectivity index (χ2v) is 4.41. The summed E-state index contributed by atoms with van der Waals surface area (Å²) in [5, 5.41) is 0.315. The van der Waals surface area contributed by atoms with E-state index in [1.54, 1.807) is 11.0 Å². The van der Waals surface area contributed by atoms with Crippen LogP contribution < -0.4 is 0 Å². The zero-order valence-corrected chi connectivity index (χ0v) is 10.1. The Morgan fingerprint density at radius 1 is 1.35 bits per heavy atom. The van der Waals surface area contributed by atoms with Crippen molar-refractivity contribution in [3.8, 4) is 0 Å². The number of hydrogen-bond donors (Lipinski definition) is 0. The van der Waals surface area contributed by atoms with Gasteiger partial charge in [0.25, 0.3) is 0 Å². The van der Waals surface area contributed by atoms with Crippen molar-refractivity contribution in [2.45, 2.75) is 12.8 Å². The van der Waals surface area contributed by atoms with Gasteiger partial charge >= 0.3 is 0 Å². The number of hydrogen-bond acceptors (Lipinski definition) is 1. The summed E-state index contributed by atoms with van der Waals surface area (Å²) in [6.45, 7) is 1.57. The van der Waals surface area contributed by atoms with Crippen LogP contribution in [0.5, 0.6) is 0 Å². The van der Waals surface area contributed by atoms with Gasteiger partial charge in [0, 0.05) is 24.7 Å². The topological polar surface area (TPSA) is 20.3 Å². The first-order valence-electron chi connectivity index (χ1n) is 5.59. The van der Waals surface area contributed by atoms with E-state index in [1.807, 2.05) is 0 Å². The van der Waals surface area contributed by atoms with Crippen LogP contribution in [0.1, 0.15) is 18.4 Å². The van der Waals surface area contributed by atoms with Crippen molar-refractivity contribution >= 4 is 23.6 Å². The molecule has 1 saturated heterocycles. The lowest BCUT2D eigenvalue weighted by Gasteiger charge is -2.11. The highest BCUT2D eigenvalue weighted by Crippen LogP contribution is 2.20. The van der Waals surface area contributed by atoms with Gasteiger partial charge < -0.3 is 4.90 Å². The van der Waals surface area contributed by atoms with Gasteiger partial charge in [0.15, 0.2) is 0 Å². The largest absolute Gasteiger partial charge is 0.339 e. The Morgan fingerprint density at radius 2 is 2.06 bits per heavy atom. The van der Waals surface area contributed by atoms with E-state index in [1.165, 1.54) is 24.3 Å². The molecule has 0 N–H and O–H groups in total. The van der Waals surface area contributed by atoms with Gasteiger partial charge in [-0.2, -0.15) is 0 Å². The predicted octanol–water partition coefficient (Wildman–Crippen LogP) is 3.11. The zero-order chi connectivity index (χ0) is 12.3. The van der Waals surface area contributed by atoms with Crippen LogP contribution in [0.3, 0.4) is 0 Å². The minimum Gasteiger partial charge on any atom is -0.339 e. The van der Waals surface area contributed by atoms with Gasteiger partial charge in [0.05, 0.1) is 5.02 Å². The molecule has 17 heavy (non-hydrogen) atoms. The van der Waals surface area contributed by atoms with Crippen molar-refractivity contribution < 1.29 is 9.18 Å². The summed E-state index contributed by atoms with van der Waals surface area (Å²) in [6.07, 6.45) is 4.91. The van der Waals surface area contributed by atoms with Crippen LogP contribution in [0.2, 0.25) is 5.02 Å². The van der Waals surface area contributed by atoms with Gasteiger partial charge in [-0.15, -0.1) is 0 Å². The van der Waals surface area contributed by atoms with Crippen LogP contribution in [-0.4, -0.2) is 23.9 Å². The number of rotatable bonds is 2. The van der Waals surface area contributed by atoms with E-state index in [9.17, 15) is 9.18 Å². The molecular formula is C13H13ClFNO. The van der Waals surface area contributed by atoms with Gasteiger partial charge in [-0.05, 0) is 31.1 Å². The monoisotopic (exact) mass is 253 g/mol. The number of carbonyl (C=O) groups is 1. The first-order chi connectivity index (χ1) is 8.18. The van der Waals surface area contributed by atoms with E-state index in [0.717, 1.165) is 25.9 Å². The third kappa shape index (κ3) is 2.86. The van der Waals surface area contributed by atoms with Crippen molar-refractivity contribution in [1.29, 1.82) is 0 Å². The lowest BCUT2D eigenvalue weighted by Crippen LogP contribution is -2.25. The van der Waals surface area contributed by atoms with Gasteiger partial charge in [0.2, 0.25) is 5.91 Å². The summed E-state index contributed by atoms with van der Waals surface area (Å²) in [5.74, 6) is -0.496.